The van der Waals surface area contributed by atoms with Gasteiger partial charge in [-0.25, -0.2) is 4.98 Å². The number of anilines is 1. The number of aromatic amines is 1. The van der Waals surface area contributed by atoms with E-state index >= 15 is 0 Å². The highest BCUT2D eigenvalue weighted by atomic mass is 16.1. The number of likely N-dealkylation sites (tertiary alicyclic amines) is 1. The van der Waals surface area contributed by atoms with Gasteiger partial charge in [0.05, 0.1) is 16.6 Å². The Morgan fingerprint density at radius 1 is 1.06 bits per heavy atom. The Kier molecular flexibility index (Phi) is 4.57. The average Bonchev–Trinajstić information content (AvgIpc) is 3.46. The van der Waals surface area contributed by atoms with Crippen LogP contribution in [0.15, 0.2) is 47.3 Å². The van der Waals surface area contributed by atoms with Crippen molar-refractivity contribution < 1.29 is 4.79 Å². The zero-order chi connectivity index (χ0) is 21.7. The summed E-state index contributed by atoms with van der Waals surface area (Å²) in [7, 11) is 0. The van der Waals surface area contributed by atoms with Crippen LogP contribution in [0, 0.1) is 0 Å². The molecule has 2 aliphatic heterocycles. The maximum atomic E-state index is 13.3. The van der Waals surface area contributed by atoms with Gasteiger partial charge in [0.1, 0.15) is 0 Å². The number of nitrogens with one attached hydrogen (secondary N) is 2. The second kappa shape index (κ2) is 7.60. The van der Waals surface area contributed by atoms with Crippen LogP contribution in [0.2, 0.25) is 0 Å². The molecule has 0 aliphatic carbocycles. The summed E-state index contributed by atoms with van der Waals surface area (Å²) in [5.41, 5.74) is 4.42. The van der Waals surface area contributed by atoms with E-state index < -0.39 is 0 Å². The van der Waals surface area contributed by atoms with E-state index in [1.807, 2.05) is 24.3 Å². The van der Waals surface area contributed by atoms with Crippen LogP contribution < -0.4 is 10.9 Å². The minimum absolute atomic E-state index is 0.0232. The summed E-state index contributed by atoms with van der Waals surface area (Å²) in [6.45, 7) is 3.53. The van der Waals surface area contributed by atoms with Crippen LogP contribution in [0.1, 0.15) is 24.8 Å². The molecule has 2 aliphatic rings. The van der Waals surface area contributed by atoms with Gasteiger partial charge in [-0.15, -0.1) is 0 Å². The second-order valence-corrected chi connectivity index (χ2v) is 8.75. The van der Waals surface area contributed by atoms with Crippen molar-refractivity contribution in [3.05, 3.63) is 58.4 Å². The number of nitrogens with zero attached hydrogens (tertiary/aromatic N) is 3. The van der Waals surface area contributed by atoms with Crippen LogP contribution in [-0.4, -0.2) is 45.0 Å². The first-order valence-corrected chi connectivity index (χ1v) is 11.3. The average molecular weight is 428 g/mol. The molecule has 162 valence electrons. The summed E-state index contributed by atoms with van der Waals surface area (Å²) in [6.07, 6.45) is 3.68. The predicted octanol–water partition coefficient (Wildman–Crippen LogP) is 3.53. The van der Waals surface area contributed by atoms with Gasteiger partial charge in [-0.2, -0.15) is 0 Å². The van der Waals surface area contributed by atoms with E-state index in [9.17, 15) is 9.59 Å². The topological polar surface area (TPSA) is 83.0 Å². The number of hydrogen-bond donors (Lipinski definition) is 2. The van der Waals surface area contributed by atoms with Crippen molar-refractivity contribution >= 4 is 33.4 Å². The molecule has 1 saturated heterocycles. The van der Waals surface area contributed by atoms with Crippen molar-refractivity contribution in [1.82, 2.24) is 19.4 Å². The fourth-order valence-electron chi connectivity index (χ4n) is 5.06. The molecule has 0 atom stereocenters. The Balaban J connectivity index is 1.32. The molecule has 7 heteroatoms. The molecule has 0 bridgehead atoms. The first-order valence-electron chi connectivity index (χ1n) is 11.3. The Morgan fingerprint density at radius 2 is 1.91 bits per heavy atom. The summed E-state index contributed by atoms with van der Waals surface area (Å²) < 4.78 is 1.75. The lowest BCUT2D eigenvalue weighted by atomic mass is 10.0. The predicted molar refractivity (Wildman–Crippen MR) is 126 cm³/mol. The summed E-state index contributed by atoms with van der Waals surface area (Å²) in [5, 5.41) is 4.67. The molecule has 32 heavy (non-hydrogen) atoms. The molecule has 6 rings (SSSR count). The minimum Gasteiger partial charge on any atom is -0.352 e. The lowest BCUT2D eigenvalue weighted by Crippen LogP contribution is -2.27. The molecule has 2 N–H and O–H groups in total. The van der Waals surface area contributed by atoms with Gasteiger partial charge in [0.2, 0.25) is 5.91 Å². The highest BCUT2D eigenvalue weighted by molar-refractivity contribution is 5.94. The summed E-state index contributed by atoms with van der Waals surface area (Å²) in [4.78, 5) is 36.3. The van der Waals surface area contributed by atoms with Gasteiger partial charge < -0.3 is 15.2 Å². The van der Waals surface area contributed by atoms with Crippen molar-refractivity contribution in [2.45, 2.75) is 32.2 Å². The number of H-pyrrole nitrogens is 1. The molecule has 2 aromatic heterocycles. The maximum absolute atomic E-state index is 13.3. The Morgan fingerprint density at radius 3 is 2.78 bits per heavy atom. The van der Waals surface area contributed by atoms with Gasteiger partial charge in [-0.05, 0) is 62.2 Å². The molecule has 0 saturated carbocycles. The van der Waals surface area contributed by atoms with Crippen molar-refractivity contribution in [3.8, 4) is 11.5 Å². The van der Waals surface area contributed by atoms with Gasteiger partial charge in [0.15, 0.2) is 5.82 Å². The number of rotatable bonds is 4. The van der Waals surface area contributed by atoms with Crippen LogP contribution in [0.4, 0.5) is 5.69 Å². The smallest absolute Gasteiger partial charge is 0.261 e. The molecule has 4 aromatic rings. The monoisotopic (exact) mass is 427 g/mol. The summed E-state index contributed by atoms with van der Waals surface area (Å²) in [5.74, 6) is 0.660. The van der Waals surface area contributed by atoms with Crippen LogP contribution in [0.3, 0.4) is 0 Å². The largest absolute Gasteiger partial charge is 0.352 e. The summed E-state index contributed by atoms with van der Waals surface area (Å²) >= 11 is 0. The molecule has 0 unspecified atom stereocenters. The van der Waals surface area contributed by atoms with Crippen molar-refractivity contribution in [2.75, 3.05) is 25.0 Å². The highest BCUT2D eigenvalue weighted by Gasteiger charge is 2.24. The third-order valence-electron chi connectivity index (χ3n) is 6.71. The first-order chi connectivity index (χ1) is 15.7. The van der Waals surface area contributed by atoms with Crippen molar-refractivity contribution in [2.24, 2.45) is 0 Å². The molecule has 1 fully saturated rings. The normalized spacial score (nSPS) is 15.8. The van der Waals surface area contributed by atoms with E-state index in [1.165, 1.54) is 23.8 Å². The number of carbonyl (C=O) groups is 1. The zero-order valence-corrected chi connectivity index (χ0v) is 17.9. The van der Waals surface area contributed by atoms with E-state index in [-0.39, 0.29) is 11.5 Å². The summed E-state index contributed by atoms with van der Waals surface area (Å²) in [6, 6.07) is 13.6. The van der Waals surface area contributed by atoms with E-state index in [2.05, 4.69) is 27.3 Å². The fourth-order valence-corrected chi connectivity index (χ4v) is 5.06. The molecular weight excluding hydrogens is 402 g/mol. The fraction of sp³-hybridized carbons (Fsp3) is 0.320. The molecular formula is C25H25N5O2. The van der Waals surface area contributed by atoms with Gasteiger partial charge >= 0.3 is 0 Å². The van der Waals surface area contributed by atoms with E-state index in [1.54, 1.807) is 10.6 Å². The Hall–Kier alpha value is -3.45. The number of amides is 1. The standard InChI is InChI=1S/C25H25N5O2/c31-22(10-13-29-11-3-4-12-29)26-16-7-8-21-19(15-16)25(32)30-14-9-18-17-5-1-2-6-20(17)27-23(18)24(30)28-21/h1-2,5-8,15,27H,3-4,9-14H2,(H,26,31). The number of carbonyl (C=O) groups excluding carboxylic acids is 1. The van der Waals surface area contributed by atoms with E-state index in [4.69, 9.17) is 4.98 Å². The molecule has 2 aromatic carbocycles. The zero-order valence-electron chi connectivity index (χ0n) is 17.9. The quantitative estimate of drug-likeness (QED) is 0.522. The molecule has 0 spiro atoms. The molecule has 7 nitrogen and oxygen atoms in total. The molecule has 0 radical (unpaired) electrons. The molecule has 1 amide bonds. The highest BCUT2D eigenvalue weighted by Crippen LogP contribution is 2.33. The third-order valence-corrected chi connectivity index (χ3v) is 6.71. The number of hydrogen-bond acceptors (Lipinski definition) is 4. The number of para-hydroxylation sites is 1. The number of benzene rings is 2. The van der Waals surface area contributed by atoms with Crippen LogP contribution in [-0.2, 0) is 17.8 Å². The van der Waals surface area contributed by atoms with Crippen molar-refractivity contribution in [3.63, 3.8) is 0 Å². The van der Waals surface area contributed by atoms with Gasteiger partial charge in [-0.1, -0.05) is 18.2 Å². The Bertz CT molecular complexity index is 1410. The Labute approximate surface area is 185 Å². The molecule has 4 heterocycles. The van der Waals surface area contributed by atoms with E-state index in [0.717, 1.165) is 37.3 Å². The van der Waals surface area contributed by atoms with Gasteiger partial charge in [0.25, 0.3) is 5.56 Å². The van der Waals surface area contributed by atoms with Gasteiger partial charge in [-0.3, -0.25) is 14.2 Å². The second-order valence-electron chi connectivity index (χ2n) is 8.75. The maximum Gasteiger partial charge on any atom is 0.261 e. The van der Waals surface area contributed by atoms with E-state index in [0.29, 0.717) is 35.4 Å². The first kappa shape index (κ1) is 19.3. The third kappa shape index (κ3) is 3.20. The SMILES string of the molecule is O=C(CCN1CCCC1)Nc1ccc2nc3n(c(=O)c2c1)CCc1c-3[nH]c2ccccc12. The van der Waals surface area contributed by atoms with Crippen LogP contribution in [0.5, 0.6) is 0 Å². The van der Waals surface area contributed by atoms with Gasteiger partial charge in [0, 0.05) is 36.1 Å². The minimum atomic E-state index is -0.0672. The van der Waals surface area contributed by atoms with Crippen molar-refractivity contribution in [1.29, 1.82) is 0 Å². The lowest BCUT2D eigenvalue weighted by Gasteiger charge is -2.19. The lowest BCUT2D eigenvalue weighted by molar-refractivity contribution is -0.116. The van der Waals surface area contributed by atoms with Crippen LogP contribution >= 0.6 is 0 Å². The number of fused-ring (bicyclic) bond motifs is 6. The number of aromatic nitrogens is 3. The number of aryl methyl sites for hydroxylation is 1. The van der Waals surface area contributed by atoms with Crippen LogP contribution in [0.25, 0.3) is 33.3 Å².